The Morgan fingerprint density at radius 1 is 0.941 bits per heavy atom. The zero-order valence-electron chi connectivity index (χ0n) is 20.5. The molecule has 0 aromatic carbocycles. The maximum absolute atomic E-state index is 11.5. The number of aliphatic hydroxyl groups excluding tert-OH is 6. The quantitative estimate of drug-likeness (QED) is 0.255. The molecule has 1 saturated heterocycles. The first-order chi connectivity index (χ1) is 15.9. The van der Waals surface area contributed by atoms with Gasteiger partial charge in [-0.2, -0.15) is 0 Å². The zero-order chi connectivity index (χ0) is 24.8. The molecule has 1 aliphatic heterocycles. The molecule has 0 radical (unpaired) electrons. The van der Waals surface area contributed by atoms with Gasteiger partial charge in [0.2, 0.25) is 0 Å². The van der Waals surface area contributed by atoms with Crippen molar-refractivity contribution in [3.8, 4) is 0 Å². The molecule has 34 heavy (non-hydrogen) atoms. The van der Waals surface area contributed by atoms with Gasteiger partial charge in [-0.15, -0.1) is 0 Å². The van der Waals surface area contributed by atoms with Gasteiger partial charge in [-0.25, -0.2) is 0 Å². The minimum absolute atomic E-state index is 0.0305. The summed E-state index contributed by atoms with van der Waals surface area (Å²) in [5.41, 5.74) is -0.0360. The van der Waals surface area contributed by atoms with Crippen molar-refractivity contribution in [1.82, 2.24) is 0 Å². The van der Waals surface area contributed by atoms with Gasteiger partial charge in [0, 0.05) is 5.41 Å². The second-order valence-electron chi connectivity index (χ2n) is 12.8. The molecule has 4 aliphatic carbocycles. The number of fused-ring (bicyclic) bond motifs is 3. The number of ether oxygens (including phenoxy) is 2. The van der Waals surface area contributed by atoms with Gasteiger partial charge in [-0.1, -0.05) is 27.4 Å². The predicted octanol–water partition coefficient (Wildman–Crippen LogP) is 0.712. The third-order valence-corrected chi connectivity index (χ3v) is 10.5. The van der Waals surface area contributed by atoms with Gasteiger partial charge in [0.1, 0.15) is 24.4 Å². The predicted molar refractivity (Wildman–Crippen MR) is 122 cm³/mol. The molecule has 5 rings (SSSR count). The summed E-state index contributed by atoms with van der Waals surface area (Å²) in [5, 5.41) is 63.2. The maximum Gasteiger partial charge on any atom is 0.186 e. The van der Waals surface area contributed by atoms with Crippen molar-refractivity contribution in [2.75, 3.05) is 6.61 Å². The van der Waals surface area contributed by atoms with Crippen molar-refractivity contribution in [3.05, 3.63) is 12.2 Å². The van der Waals surface area contributed by atoms with Gasteiger partial charge in [0.25, 0.3) is 0 Å². The van der Waals surface area contributed by atoms with Gasteiger partial charge >= 0.3 is 0 Å². The summed E-state index contributed by atoms with van der Waals surface area (Å²) < 4.78 is 11.9. The van der Waals surface area contributed by atoms with Crippen LogP contribution in [0.2, 0.25) is 0 Å². The summed E-state index contributed by atoms with van der Waals surface area (Å²) in [4.78, 5) is 0. The van der Waals surface area contributed by atoms with E-state index in [0.29, 0.717) is 25.2 Å². The molecule has 194 valence electrons. The Morgan fingerprint density at radius 3 is 2.32 bits per heavy atom. The third kappa shape index (κ3) is 3.40. The minimum atomic E-state index is -1.48. The molecule has 5 fully saturated rings. The van der Waals surface area contributed by atoms with E-state index in [9.17, 15) is 30.6 Å². The molecule has 0 aromatic heterocycles. The number of rotatable bonds is 3. The van der Waals surface area contributed by atoms with Crippen molar-refractivity contribution in [2.45, 2.75) is 108 Å². The summed E-state index contributed by atoms with van der Waals surface area (Å²) in [6.07, 6.45) is -3.30. The third-order valence-electron chi connectivity index (χ3n) is 10.5. The molecule has 1 spiro atoms. The highest BCUT2D eigenvalue weighted by atomic mass is 16.7. The Labute approximate surface area is 201 Å². The number of hydrogen-bond donors (Lipinski definition) is 6. The van der Waals surface area contributed by atoms with Crippen LogP contribution in [0.1, 0.15) is 59.3 Å². The van der Waals surface area contributed by atoms with Crippen LogP contribution >= 0.6 is 0 Å². The van der Waals surface area contributed by atoms with Crippen LogP contribution in [0.4, 0.5) is 0 Å². The standard InChI is InChI=1S/C26H42O8/c1-12-13-5-6-17-25(4)9-14(33-23-20(31)19(30)18(29)16(11-27)34-23)8-24(2,3)21(25)15(28)10-26(17,7-13)22(12)32/h13-23,27-32H,1,5-11H2,2-4H3/t13-,14-,15-,16-,17+,18-,19+,20-,21-,22+,23-,25+,26+/m1/s1. The Hall–Kier alpha value is -0.580. The molecule has 1 heterocycles. The van der Waals surface area contributed by atoms with Gasteiger partial charge in [0.05, 0.1) is 24.9 Å². The Balaban J connectivity index is 1.44. The van der Waals surface area contributed by atoms with E-state index in [4.69, 9.17) is 9.47 Å². The lowest BCUT2D eigenvalue weighted by Crippen LogP contribution is -2.65. The fourth-order valence-corrected chi connectivity index (χ4v) is 9.48. The normalized spacial score (nSPS) is 56.6. The van der Waals surface area contributed by atoms with E-state index in [1.54, 1.807) is 0 Å². The van der Waals surface area contributed by atoms with Crippen molar-refractivity contribution >= 4 is 0 Å². The zero-order valence-corrected chi connectivity index (χ0v) is 20.5. The first-order valence-corrected chi connectivity index (χ1v) is 12.9. The van der Waals surface area contributed by atoms with Crippen LogP contribution in [0, 0.1) is 34.0 Å². The van der Waals surface area contributed by atoms with Crippen molar-refractivity contribution < 1.29 is 40.1 Å². The SMILES string of the molecule is C=C1[C@@H]2CC[C@H]3[C@]4(C)C[C@H](O[C@@H]5O[C@H](CO)[C@@H](O)[C@H](O)[C@H]5O)CC(C)(C)[C@H]4[C@H](O)C[C@]3(C2)[C@H]1O. The fourth-order valence-electron chi connectivity index (χ4n) is 9.48. The molecule has 8 heteroatoms. The monoisotopic (exact) mass is 482 g/mol. The van der Waals surface area contributed by atoms with Gasteiger partial charge in [-0.3, -0.25) is 0 Å². The molecule has 0 aromatic rings. The van der Waals surface area contributed by atoms with Gasteiger partial charge < -0.3 is 40.1 Å². The van der Waals surface area contributed by atoms with E-state index in [1.165, 1.54) is 0 Å². The summed E-state index contributed by atoms with van der Waals surface area (Å²) in [5.74, 6) is 0.554. The first kappa shape index (κ1) is 25.1. The molecule has 5 aliphatic rings. The van der Waals surface area contributed by atoms with Crippen LogP contribution in [-0.4, -0.2) is 86.3 Å². The molecular weight excluding hydrogens is 440 g/mol. The first-order valence-electron chi connectivity index (χ1n) is 12.9. The van der Waals surface area contributed by atoms with Crippen molar-refractivity contribution in [2.24, 2.45) is 34.0 Å². The van der Waals surface area contributed by atoms with E-state index in [2.05, 4.69) is 27.4 Å². The summed E-state index contributed by atoms with van der Waals surface area (Å²) in [7, 11) is 0. The highest BCUT2D eigenvalue weighted by Crippen LogP contribution is 2.72. The molecular formula is C26H42O8. The minimum Gasteiger partial charge on any atom is -0.394 e. The van der Waals surface area contributed by atoms with E-state index in [0.717, 1.165) is 24.8 Å². The van der Waals surface area contributed by atoms with Crippen LogP contribution in [0.5, 0.6) is 0 Å². The van der Waals surface area contributed by atoms with Crippen molar-refractivity contribution in [1.29, 1.82) is 0 Å². The lowest BCUT2D eigenvalue weighted by atomic mass is 9.40. The Bertz CT molecular complexity index is 815. The Kier molecular flexibility index (Phi) is 6.06. The molecule has 13 atom stereocenters. The lowest BCUT2D eigenvalue weighted by Gasteiger charge is -2.66. The molecule has 8 nitrogen and oxygen atoms in total. The van der Waals surface area contributed by atoms with Gasteiger partial charge in [0.15, 0.2) is 6.29 Å². The lowest BCUT2D eigenvalue weighted by molar-refractivity contribution is -0.325. The molecule has 0 unspecified atom stereocenters. The smallest absolute Gasteiger partial charge is 0.186 e. The summed E-state index contributed by atoms with van der Waals surface area (Å²) >= 11 is 0. The van der Waals surface area contributed by atoms with E-state index < -0.39 is 49.5 Å². The van der Waals surface area contributed by atoms with E-state index in [1.807, 2.05) is 0 Å². The van der Waals surface area contributed by atoms with E-state index in [-0.39, 0.29) is 34.2 Å². The largest absolute Gasteiger partial charge is 0.394 e. The van der Waals surface area contributed by atoms with E-state index >= 15 is 0 Å². The second kappa shape index (κ2) is 8.21. The molecule has 6 N–H and O–H groups in total. The number of aliphatic hydroxyl groups is 6. The second-order valence-corrected chi connectivity index (χ2v) is 12.8. The Morgan fingerprint density at radius 2 is 1.65 bits per heavy atom. The highest BCUT2D eigenvalue weighted by Gasteiger charge is 2.69. The van der Waals surface area contributed by atoms with Crippen LogP contribution in [0.25, 0.3) is 0 Å². The molecule has 4 saturated carbocycles. The van der Waals surface area contributed by atoms with Crippen molar-refractivity contribution in [3.63, 3.8) is 0 Å². The van der Waals surface area contributed by atoms with Crippen LogP contribution in [0.3, 0.4) is 0 Å². The molecule has 0 amide bonds. The van der Waals surface area contributed by atoms with Crippen LogP contribution < -0.4 is 0 Å². The highest BCUT2D eigenvalue weighted by molar-refractivity contribution is 5.28. The van der Waals surface area contributed by atoms with Crippen LogP contribution in [0.15, 0.2) is 12.2 Å². The maximum atomic E-state index is 11.5. The van der Waals surface area contributed by atoms with Crippen LogP contribution in [-0.2, 0) is 9.47 Å². The molecule has 2 bridgehead atoms. The van der Waals surface area contributed by atoms with Gasteiger partial charge in [-0.05, 0) is 72.7 Å². The average Bonchev–Trinajstić information content (AvgIpc) is 2.92. The summed E-state index contributed by atoms with van der Waals surface area (Å²) in [6.45, 7) is 10.2. The number of hydrogen-bond acceptors (Lipinski definition) is 8. The fraction of sp³-hybridized carbons (Fsp3) is 0.923. The summed E-state index contributed by atoms with van der Waals surface area (Å²) in [6, 6.07) is 0. The topological polar surface area (TPSA) is 140 Å². The average molecular weight is 483 g/mol.